The van der Waals surface area contributed by atoms with Crippen LogP contribution in [0.4, 0.5) is 0 Å². The zero-order valence-electron chi connectivity index (χ0n) is 9.30. The van der Waals surface area contributed by atoms with Gasteiger partial charge in [-0.25, -0.2) is 0 Å². The zero-order valence-corrected chi connectivity index (χ0v) is 9.30. The lowest BCUT2D eigenvalue weighted by Crippen LogP contribution is -2.42. The predicted molar refractivity (Wildman–Crippen MR) is 61.3 cm³/mol. The number of aliphatic hydroxyl groups is 1. The quantitative estimate of drug-likeness (QED) is 0.764. The van der Waals surface area contributed by atoms with Gasteiger partial charge < -0.3 is 9.84 Å². The Balaban J connectivity index is 1.89. The van der Waals surface area contributed by atoms with Gasteiger partial charge in [-0.3, -0.25) is 4.90 Å². The molecule has 1 fully saturated rings. The highest BCUT2D eigenvalue weighted by Gasteiger charge is 2.35. The van der Waals surface area contributed by atoms with E-state index in [2.05, 4.69) is 23.1 Å². The molecule has 1 heterocycles. The van der Waals surface area contributed by atoms with E-state index >= 15 is 0 Å². The summed E-state index contributed by atoms with van der Waals surface area (Å²) in [5, 5.41) is 10.2. The molecule has 2 unspecified atom stereocenters. The SMILES string of the molecule is OC1Cc2ccccc2C1N1CCOCC1. The van der Waals surface area contributed by atoms with E-state index in [1.54, 1.807) is 0 Å². The molecule has 3 rings (SSSR count). The lowest BCUT2D eigenvalue weighted by molar-refractivity contribution is -0.0165. The summed E-state index contributed by atoms with van der Waals surface area (Å²) in [6.07, 6.45) is 0.536. The molecule has 3 nitrogen and oxygen atoms in total. The summed E-state index contributed by atoms with van der Waals surface area (Å²) in [5.41, 5.74) is 2.60. The predicted octanol–water partition coefficient (Wildman–Crippen LogP) is 0.977. The van der Waals surface area contributed by atoms with Crippen LogP contribution in [0.25, 0.3) is 0 Å². The van der Waals surface area contributed by atoms with Crippen LogP contribution in [0.2, 0.25) is 0 Å². The second kappa shape index (κ2) is 4.17. The van der Waals surface area contributed by atoms with E-state index in [9.17, 15) is 5.11 Å². The number of rotatable bonds is 1. The van der Waals surface area contributed by atoms with Crippen molar-refractivity contribution in [1.82, 2.24) is 4.90 Å². The van der Waals surface area contributed by atoms with Crippen molar-refractivity contribution in [1.29, 1.82) is 0 Å². The molecule has 0 spiro atoms. The molecule has 0 radical (unpaired) electrons. The molecule has 0 saturated carbocycles. The normalized spacial score (nSPS) is 30.3. The van der Waals surface area contributed by atoms with Gasteiger partial charge in [0.25, 0.3) is 0 Å². The van der Waals surface area contributed by atoms with Crippen LogP contribution in [0.3, 0.4) is 0 Å². The molecule has 2 aliphatic rings. The van der Waals surface area contributed by atoms with Crippen LogP contribution < -0.4 is 0 Å². The molecule has 1 aliphatic carbocycles. The molecular weight excluding hydrogens is 202 g/mol. The number of morpholine rings is 1. The third-order valence-corrected chi connectivity index (χ3v) is 3.61. The molecule has 1 aromatic carbocycles. The first kappa shape index (κ1) is 10.3. The molecule has 3 heteroatoms. The van der Waals surface area contributed by atoms with E-state index in [1.165, 1.54) is 11.1 Å². The summed E-state index contributed by atoms with van der Waals surface area (Å²) in [6.45, 7) is 3.42. The number of hydrogen-bond donors (Lipinski definition) is 1. The Bertz CT molecular complexity index is 374. The Hall–Kier alpha value is -0.900. The van der Waals surface area contributed by atoms with Gasteiger partial charge in [0.05, 0.1) is 25.4 Å². The number of benzene rings is 1. The van der Waals surface area contributed by atoms with Crippen molar-refractivity contribution in [3.05, 3.63) is 35.4 Å². The Morgan fingerprint density at radius 3 is 2.75 bits per heavy atom. The molecule has 1 N–H and O–H groups in total. The van der Waals surface area contributed by atoms with Crippen LogP contribution in [-0.4, -0.2) is 42.4 Å². The van der Waals surface area contributed by atoms with Gasteiger partial charge in [0.2, 0.25) is 0 Å². The van der Waals surface area contributed by atoms with Gasteiger partial charge in [-0.2, -0.15) is 0 Å². The van der Waals surface area contributed by atoms with Crippen LogP contribution in [-0.2, 0) is 11.2 Å². The molecule has 1 aliphatic heterocycles. The maximum Gasteiger partial charge on any atom is 0.0777 e. The molecule has 0 bridgehead atoms. The topological polar surface area (TPSA) is 32.7 Å². The van der Waals surface area contributed by atoms with Crippen LogP contribution in [0.1, 0.15) is 17.2 Å². The number of ether oxygens (including phenoxy) is 1. The fraction of sp³-hybridized carbons (Fsp3) is 0.538. The molecule has 1 saturated heterocycles. The lowest BCUT2D eigenvalue weighted by Gasteiger charge is -2.34. The van der Waals surface area contributed by atoms with Crippen molar-refractivity contribution in [2.45, 2.75) is 18.6 Å². The first-order valence-corrected chi connectivity index (χ1v) is 5.94. The van der Waals surface area contributed by atoms with E-state index in [-0.39, 0.29) is 12.1 Å². The van der Waals surface area contributed by atoms with Crippen LogP contribution in [0.5, 0.6) is 0 Å². The fourth-order valence-electron chi connectivity index (χ4n) is 2.85. The van der Waals surface area contributed by atoms with Gasteiger partial charge in [-0.1, -0.05) is 24.3 Å². The van der Waals surface area contributed by atoms with Gasteiger partial charge in [-0.05, 0) is 11.1 Å². The highest BCUT2D eigenvalue weighted by Crippen LogP contribution is 2.36. The minimum atomic E-state index is -0.254. The Morgan fingerprint density at radius 1 is 1.19 bits per heavy atom. The minimum absolute atomic E-state index is 0.181. The fourth-order valence-corrected chi connectivity index (χ4v) is 2.85. The number of aliphatic hydroxyl groups excluding tert-OH is 1. The number of nitrogens with zero attached hydrogens (tertiary/aromatic N) is 1. The summed E-state index contributed by atoms with van der Waals surface area (Å²) in [7, 11) is 0. The summed E-state index contributed by atoms with van der Waals surface area (Å²) in [5.74, 6) is 0. The minimum Gasteiger partial charge on any atom is -0.391 e. The molecular formula is C13H17NO2. The van der Waals surface area contributed by atoms with Crippen molar-refractivity contribution < 1.29 is 9.84 Å². The average molecular weight is 219 g/mol. The molecule has 1 aromatic rings. The monoisotopic (exact) mass is 219 g/mol. The summed E-state index contributed by atoms with van der Waals surface area (Å²) in [4.78, 5) is 2.35. The second-order valence-corrected chi connectivity index (χ2v) is 4.56. The van der Waals surface area contributed by atoms with Crippen molar-refractivity contribution in [3.8, 4) is 0 Å². The number of hydrogen-bond acceptors (Lipinski definition) is 3. The van der Waals surface area contributed by atoms with Crippen LogP contribution in [0.15, 0.2) is 24.3 Å². The summed E-state index contributed by atoms with van der Waals surface area (Å²) >= 11 is 0. The highest BCUT2D eigenvalue weighted by atomic mass is 16.5. The average Bonchev–Trinajstić information content (AvgIpc) is 2.66. The van der Waals surface area contributed by atoms with E-state index in [1.807, 2.05) is 6.07 Å². The summed E-state index contributed by atoms with van der Waals surface area (Å²) in [6, 6.07) is 8.56. The third-order valence-electron chi connectivity index (χ3n) is 3.61. The van der Waals surface area contributed by atoms with Crippen LogP contribution in [0, 0.1) is 0 Å². The molecule has 16 heavy (non-hydrogen) atoms. The summed E-state index contributed by atoms with van der Waals surface area (Å²) < 4.78 is 5.36. The molecule has 86 valence electrons. The Morgan fingerprint density at radius 2 is 1.94 bits per heavy atom. The molecule has 2 atom stereocenters. The van der Waals surface area contributed by atoms with Crippen molar-refractivity contribution >= 4 is 0 Å². The van der Waals surface area contributed by atoms with E-state index < -0.39 is 0 Å². The first-order valence-electron chi connectivity index (χ1n) is 5.94. The lowest BCUT2D eigenvalue weighted by atomic mass is 10.1. The zero-order chi connectivity index (χ0) is 11.0. The van der Waals surface area contributed by atoms with Gasteiger partial charge in [0.15, 0.2) is 0 Å². The van der Waals surface area contributed by atoms with Gasteiger partial charge >= 0.3 is 0 Å². The number of fused-ring (bicyclic) bond motifs is 1. The third kappa shape index (κ3) is 1.65. The largest absolute Gasteiger partial charge is 0.391 e. The van der Waals surface area contributed by atoms with E-state index in [4.69, 9.17) is 4.74 Å². The van der Waals surface area contributed by atoms with Crippen LogP contribution >= 0.6 is 0 Å². The molecule has 0 aromatic heterocycles. The van der Waals surface area contributed by atoms with E-state index in [0.29, 0.717) is 0 Å². The van der Waals surface area contributed by atoms with Gasteiger partial charge in [0.1, 0.15) is 0 Å². The van der Waals surface area contributed by atoms with Crippen molar-refractivity contribution in [2.75, 3.05) is 26.3 Å². The Kier molecular flexibility index (Phi) is 2.67. The van der Waals surface area contributed by atoms with Gasteiger partial charge in [0, 0.05) is 19.5 Å². The second-order valence-electron chi connectivity index (χ2n) is 4.56. The first-order chi connectivity index (χ1) is 7.86. The maximum atomic E-state index is 10.2. The Labute approximate surface area is 95.6 Å². The van der Waals surface area contributed by atoms with E-state index in [0.717, 1.165) is 32.7 Å². The van der Waals surface area contributed by atoms with Crippen molar-refractivity contribution in [3.63, 3.8) is 0 Å². The smallest absolute Gasteiger partial charge is 0.0777 e. The highest BCUT2D eigenvalue weighted by molar-refractivity contribution is 5.36. The van der Waals surface area contributed by atoms with Crippen molar-refractivity contribution in [2.24, 2.45) is 0 Å². The standard InChI is InChI=1S/C13H17NO2/c15-12-9-10-3-1-2-4-11(10)13(12)14-5-7-16-8-6-14/h1-4,12-13,15H,5-9H2. The van der Waals surface area contributed by atoms with Gasteiger partial charge in [-0.15, -0.1) is 0 Å². The molecule has 0 amide bonds. The maximum absolute atomic E-state index is 10.2.